The molecule has 5 rings (SSSR count). The summed E-state index contributed by atoms with van der Waals surface area (Å²) in [5, 5.41) is 12.3. The van der Waals surface area contributed by atoms with Crippen LogP contribution in [0.15, 0.2) is 54.6 Å². The van der Waals surface area contributed by atoms with Crippen LogP contribution in [-0.4, -0.2) is 28.2 Å². The maximum Gasteiger partial charge on any atom is 0.153 e. The Morgan fingerprint density at radius 1 is 0.733 bits per heavy atom. The van der Waals surface area contributed by atoms with Crippen molar-refractivity contribution in [2.75, 3.05) is 18.4 Å². The Morgan fingerprint density at radius 2 is 1.53 bits per heavy atom. The molecule has 0 saturated carbocycles. The van der Waals surface area contributed by atoms with Gasteiger partial charge in [0.1, 0.15) is 0 Å². The van der Waals surface area contributed by atoms with E-state index in [0.29, 0.717) is 0 Å². The average Bonchev–Trinajstić information content (AvgIpc) is 2.81. The molecule has 4 heteroatoms. The number of likely N-dealkylation sites (tertiary alicyclic amines) is 1. The summed E-state index contributed by atoms with van der Waals surface area (Å²) in [4.78, 5) is 2.55. The van der Waals surface area contributed by atoms with Gasteiger partial charge in [-0.1, -0.05) is 30.7 Å². The van der Waals surface area contributed by atoms with Gasteiger partial charge in [-0.25, -0.2) is 0 Å². The number of aromatic nitrogens is 2. The first kappa shape index (κ1) is 19.3. The molecule has 0 atom stereocenters. The van der Waals surface area contributed by atoms with Crippen molar-refractivity contribution in [1.82, 2.24) is 15.1 Å². The third-order valence-corrected chi connectivity index (χ3v) is 6.39. The lowest BCUT2D eigenvalue weighted by atomic mass is 9.90. The zero-order valence-electron chi connectivity index (χ0n) is 17.6. The summed E-state index contributed by atoms with van der Waals surface area (Å²) in [7, 11) is 0. The molecule has 1 saturated heterocycles. The molecule has 4 nitrogen and oxygen atoms in total. The number of anilines is 2. The second kappa shape index (κ2) is 8.97. The Hall–Kier alpha value is -2.72. The number of rotatable bonds is 5. The highest BCUT2D eigenvalue weighted by molar-refractivity contribution is 5.63. The van der Waals surface area contributed by atoms with Crippen molar-refractivity contribution in [2.24, 2.45) is 0 Å². The summed E-state index contributed by atoms with van der Waals surface area (Å²) in [6.45, 7) is 3.51. The van der Waals surface area contributed by atoms with Crippen LogP contribution in [0.3, 0.4) is 0 Å². The average molecular weight is 399 g/mol. The molecule has 0 amide bonds. The highest BCUT2D eigenvalue weighted by Crippen LogP contribution is 2.27. The van der Waals surface area contributed by atoms with Crippen molar-refractivity contribution in [3.05, 3.63) is 71.3 Å². The third kappa shape index (κ3) is 4.54. The molecular weight excluding hydrogens is 368 g/mol. The molecule has 1 aromatic heterocycles. The molecule has 2 heterocycles. The normalized spacial score (nSPS) is 16.8. The van der Waals surface area contributed by atoms with Crippen molar-refractivity contribution in [1.29, 1.82) is 0 Å². The number of nitrogens with zero attached hydrogens (tertiary/aromatic N) is 3. The van der Waals surface area contributed by atoms with Gasteiger partial charge in [-0.15, -0.1) is 10.2 Å². The van der Waals surface area contributed by atoms with Gasteiger partial charge in [0.2, 0.25) is 0 Å². The molecular formula is C26H30N4. The summed E-state index contributed by atoms with van der Waals surface area (Å²) < 4.78 is 0. The van der Waals surface area contributed by atoms with Crippen LogP contribution in [0, 0.1) is 0 Å². The van der Waals surface area contributed by atoms with Crippen LogP contribution in [0.1, 0.15) is 48.8 Å². The maximum absolute atomic E-state index is 4.47. The van der Waals surface area contributed by atoms with E-state index < -0.39 is 0 Å². The van der Waals surface area contributed by atoms with Crippen molar-refractivity contribution in [3.63, 3.8) is 0 Å². The maximum atomic E-state index is 4.47. The lowest BCUT2D eigenvalue weighted by molar-refractivity contribution is 0.221. The van der Waals surface area contributed by atoms with Crippen LogP contribution >= 0.6 is 0 Å². The second-order valence-electron chi connectivity index (χ2n) is 8.65. The molecule has 30 heavy (non-hydrogen) atoms. The van der Waals surface area contributed by atoms with Gasteiger partial charge in [0.05, 0.1) is 5.69 Å². The number of benzene rings is 2. The summed E-state index contributed by atoms with van der Waals surface area (Å²) in [6.07, 6.45) is 9.05. The molecule has 0 spiro atoms. The van der Waals surface area contributed by atoms with E-state index in [1.165, 1.54) is 74.7 Å². The molecule has 3 aromatic rings. The Labute approximate surface area is 179 Å². The van der Waals surface area contributed by atoms with Crippen LogP contribution < -0.4 is 5.32 Å². The summed E-state index contributed by atoms with van der Waals surface area (Å²) in [5.74, 6) is 0.778. The van der Waals surface area contributed by atoms with E-state index in [0.717, 1.165) is 29.3 Å². The monoisotopic (exact) mass is 398 g/mol. The first-order chi connectivity index (χ1) is 14.8. The highest BCUT2D eigenvalue weighted by Gasteiger charge is 2.12. The number of piperidine rings is 1. The second-order valence-corrected chi connectivity index (χ2v) is 8.65. The Bertz CT molecular complexity index is 973. The zero-order valence-corrected chi connectivity index (χ0v) is 17.6. The SMILES string of the molecule is c1cc(Nc2ccc(-c3ccc4c(c3)CCCC4)nn2)ccc1CN1CCCCC1. The molecule has 0 unspecified atom stereocenters. The molecule has 0 bridgehead atoms. The number of hydrogen-bond acceptors (Lipinski definition) is 4. The minimum Gasteiger partial charge on any atom is -0.339 e. The number of nitrogens with one attached hydrogen (secondary N) is 1. The molecule has 2 aliphatic rings. The topological polar surface area (TPSA) is 41.1 Å². The minimum absolute atomic E-state index is 0.778. The predicted molar refractivity (Wildman–Crippen MR) is 123 cm³/mol. The van der Waals surface area contributed by atoms with E-state index in [2.05, 4.69) is 68.9 Å². The van der Waals surface area contributed by atoms with E-state index in [9.17, 15) is 0 Å². The predicted octanol–water partition coefficient (Wildman–Crippen LogP) is 5.75. The lowest BCUT2D eigenvalue weighted by Gasteiger charge is -2.26. The van der Waals surface area contributed by atoms with Gasteiger partial charge in [-0.2, -0.15) is 0 Å². The lowest BCUT2D eigenvalue weighted by Crippen LogP contribution is -2.29. The summed E-state index contributed by atoms with van der Waals surface area (Å²) in [5.41, 5.74) is 7.50. The Morgan fingerprint density at radius 3 is 2.30 bits per heavy atom. The van der Waals surface area contributed by atoms with E-state index in [1.807, 2.05) is 6.07 Å². The van der Waals surface area contributed by atoms with Gasteiger partial charge >= 0.3 is 0 Å². The smallest absolute Gasteiger partial charge is 0.153 e. The number of fused-ring (bicyclic) bond motifs is 1. The molecule has 1 aliphatic heterocycles. The van der Waals surface area contributed by atoms with Gasteiger partial charge in [0.15, 0.2) is 5.82 Å². The zero-order chi connectivity index (χ0) is 20.2. The number of aryl methyl sites for hydroxylation is 2. The minimum atomic E-state index is 0.778. The molecule has 1 aliphatic carbocycles. The van der Waals surface area contributed by atoms with Gasteiger partial charge < -0.3 is 5.32 Å². The van der Waals surface area contributed by atoms with Gasteiger partial charge in [-0.05, 0) is 98.6 Å². The quantitative estimate of drug-likeness (QED) is 0.594. The summed E-state index contributed by atoms with van der Waals surface area (Å²) in [6, 6.07) is 19.5. The van der Waals surface area contributed by atoms with Crippen LogP contribution in [0.25, 0.3) is 11.3 Å². The fraction of sp³-hybridized carbons (Fsp3) is 0.385. The van der Waals surface area contributed by atoms with E-state index in [-0.39, 0.29) is 0 Å². The van der Waals surface area contributed by atoms with Crippen LogP contribution in [0.5, 0.6) is 0 Å². The first-order valence-corrected chi connectivity index (χ1v) is 11.4. The van der Waals surface area contributed by atoms with Gasteiger partial charge in [0, 0.05) is 17.8 Å². The molecule has 1 N–H and O–H groups in total. The van der Waals surface area contributed by atoms with Crippen molar-refractivity contribution in [3.8, 4) is 11.3 Å². The van der Waals surface area contributed by atoms with E-state index in [1.54, 1.807) is 0 Å². The van der Waals surface area contributed by atoms with Gasteiger partial charge in [-0.3, -0.25) is 4.90 Å². The Balaban J connectivity index is 1.22. The third-order valence-electron chi connectivity index (χ3n) is 6.39. The van der Waals surface area contributed by atoms with Crippen molar-refractivity contribution < 1.29 is 0 Å². The molecule has 2 aromatic carbocycles. The Kier molecular flexibility index (Phi) is 5.76. The number of hydrogen-bond donors (Lipinski definition) is 1. The van der Waals surface area contributed by atoms with E-state index >= 15 is 0 Å². The molecule has 0 radical (unpaired) electrons. The van der Waals surface area contributed by atoms with E-state index in [4.69, 9.17) is 0 Å². The first-order valence-electron chi connectivity index (χ1n) is 11.4. The van der Waals surface area contributed by atoms with Crippen LogP contribution in [0.4, 0.5) is 11.5 Å². The standard InChI is InChI=1S/C26H30N4/c1-4-16-30(17-5-1)19-20-8-12-24(13-9-20)27-26-15-14-25(28-29-26)23-11-10-21-6-2-3-7-22(21)18-23/h8-15,18H,1-7,16-17,19H2,(H,27,29). The summed E-state index contributed by atoms with van der Waals surface area (Å²) >= 11 is 0. The van der Waals surface area contributed by atoms with Crippen LogP contribution in [-0.2, 0) is 19.4 Å². The highest BCUT2D eigenvalue weighted by atomic mass is 15.2. The van der Waals surface area contributed by atoms with Crippen molar-refractivity contribution >= 4 is 11.5 Å². The fourth-order valence-electron chi connectivity index (χ4n) is 4.66. The van der Waals surface area contributed by atoms with Gasteiger partial charge in [0.25, 0.3) is 0 Å². The fourth-order valence-corrected chi connectivity index (χ4v) is 4.66. The molecule has 154 valence electrons. The molecule has 1 fully saturated rings. The largest absolute Gasteiger partial charge is 0.339 e. The van der Waals surface area contributed by atoms with Crippen molar-refractivity contribution in [2.45, 2.75) is 51.5 Å². The van der Waals surface area contributed by atoms with Crippen LogP contribution in [0.2, 0.25) is 0 Å².